The maximum atomic E-state index is 11.7. The molecule has 1 aromatic heterocycles. The molecule has 0 radical (unpaired) electrons. The first-order valence-electron chi connectivity index (χ1n) is 5.24. The van der Waals surface area contributed by atoms with E-state index in [0.29, 0.717) is 13.0 Å². The Morgan fingerprint density at radius 1 is 1.47 bits per heavy atom. The number of halogens is 1. The molecule has 0 spiro atoms. The number of carbonyl (C=O) groups excluding carboxylic acids is 1. The lowest BCUT2D eigenvalue weighted by molar-refractivity contribution is -0.124. The number of carbonyl (C=O) groups is 1. The predicted molar refractivity (Wildman–Crippen MR) is 61.2 cm³/mol. The van der Waals surface area contributed by atoms with Gasteiger partial charge in [0.1, 0.15) is 6.04 Å². The van der Waals surface area contributed by atoms with Crippen molar-refractivity contribution in [2.24, 2.45) is 0 Å². The molecule has 0 saturated carbocycles. The minimum absolute atomic E-state index is 0.113. The monoisotopic (exact) mass is 277 g/mol. The lowest BCUT2D eigenvalue weighted by Crippen LogP contribution is -2.30. The molecule has 8 heteroatoms. The van der Waals surface area contributed by atoms with E-state index in [1.165, 1.54) is 17.1 Å². The highest BCUT2D eigenvalue weighted by atomic mass is 35.7. The Bertz CT molecular complexity index is 525. The first-order valence-corrected chi connectivity index (χ1v) is 7.55. The van der Waals surface area contributed by atoms with Crippen molar-refractivity contribution in [3.8, 4) is 0 Å². The van der Waals surface area contributed by atoms with Gasteiger partial charge in [-0.3, -0.25) is 4.79 Å². The van der Waals surface area contributed by atoms with Crippen LogP contribution in [-0.2, 0) is 13.8 Å². The van der Waals surface area contributed by atoms with Gasteiger partial charge in [-0.25, -0.2) is 13.4 Å². The summed E-state index contributed by atoms with van der Waals surface area (Å²) in [6, 6.07) is -0.405. The average molecular weight is 278 g/mol. The second kappa shape index (κ2) is 4.66. The molecule has 2 heterocycles. The molecule has 1 aliphatic heterocycles. The molecule has 6 nitrogen and oxygen atoms in total. The maximum Gasteiger partial charge on any atom is 0.280 e. The summed E-state index contributed by atoms with van der Waals surface area (Å²) in [4.78, 5) is 15.4. The van der Waals surface area contributed by atoms with Crippen LogP contribution in [0.1, 0.15) is 25.3 Å². The highest BCUT2D eigenvalue weighted by molar-refractivity contribution is 8.13. The zero-order valence-electron chi connectivity index (χ0n) is 8.97. The summed E-state index contributed by atoms with van der Waals surface area (Å²) in [5.74, 6) is -0.113. The van der Waals surface area contributed by atoms with E-state index in [1.54, 1.807) is 0 Å². The fourth-order valence-corrected chi connectivity index (χ4v) is 2.48. The van der Waals surface area contributed by atoms with Gasteiger partial charge in [-0.2, -0.15) is 0 Å². The molecule has 1 aromatic rings. The van der Waals surface area contributed by atoms with Gasteiger partial charge in [0.05, 0.1) is 6.33 Å². The quantitative estimate of drug-likeness (QED) is 0.805. The minimum atomic E-state index is -3.84. The Kier molecular flexibility index (Phi) is 3.39. The van der Waals surface area contributed by atoms with Crippen molar-refractivity contribution in [3.63, 3.8) is 0 Å². The molecule has 1 N–H and O–H groups in total. The van der Waals surface area contributed by atoms with Gasteiger partial charge in [0, 0.05) is 23.4 Å². The van der Waals surface area contributed by atoms with Crippen LogP contribution in [0.4, 0.5) is 0 Å². The van der Waals surface area contributed by atoms with Gasteiger partial charge in [0.25, 0.3) is 9.05 Å². The van der Waals surface area contributed by atoms with E-state index >= 15 is 0 Å². The number of imidazole rings is 1. The first-order chi connectivity index (χ1) is 7.98. The van der Waals surface area contributed by atoms with Crippen LogP contribution >= 0.6 is 10.7 Å². The molecule has 0 aliphatic carbocycles. The molecule has 1 amide bonds. The van der Waals surface area contributed by atoms with Gasteiger partial charge >= 0.3 is 0 Å². The summed E-state index contributed by atoms with van der Waals surface area (Å²) in [6.45, 7) is 0.657. The number of amides is 1. The third-order valence-electron chi connectivity index (χ3n) is 2.69. The molecule has 1 unspecified atom stereocenters. The SMILES string of the molecule is O=C1NCCCCC1n1cnc(S(=O)(=O)Cl)c1. The van der Waals surface area contributed by atoms with Crippen LogP contribution in [0, 0.1) is 0 Å². The van der Waals surface area contributed by atoms with Crippen LogP contribution in [0.2, 0.25) is 0 Å². The van der Waals surface area contributed by atoms with Crippen molar-refractivity contribution in [2.75, 3.05) is 6.54 Å². The van der Waals surface area contributed by atoms with Gasteiger partial charge in [-0.05, 0) is 19.3 Å². The number of aromatic nitrogens is 2. The molecule has 17 heavy (non-hydrogen) atoms. The van der Waals surface area contributed by atoms with Crippen LogP contribution in [0.3, 0.4) is 0 Å². The van der Waals surface area contributed by atoms with Crippen molar-refractivity contribution in [3.05, 3.63) is 12.5 Å². The number of rotatable bonds is 2. The van der Waals surface area contributed by atoms with E-state index in [1.807, 2.05) is 0 Å². The maximum absolute atomic E-state index is 11.7. The lowest BCUT2D eigenvalue weighted by Gasteiger charge is -2.13. The molecule has 1 saturated heterocycles. The minimum Gasteiger partial charge on any atom is -0.354 e. The lowest BCUT2D eigenvalue weighted by atomic mass is 10.1. The summed E-state index contributed by atoms with van der Waals surface area (Å²) in [7, 11) is 1.34. The van der Waals surface area contributed by atoms with E-state index in [2.05, 4.69) is 10.3 Å². The highest BCUT2D eigenvalue weighted by Gasteiger charge is 2.24. The summed E-state index contributed by atoms with van der Waals surface area (Å²) in [6.07, 6.45) is 5.12. The zero-order chi connectivity index (χ0) is 12.5. The van der Waals surface area contributed by atoms with E-state index in [4.69, 9.17) is 10.7 Å². The second-order valence-corrected chi connectivity index (χ2v) is 6.41. The molecule has 94 valence electrons. The molecule has 1 fully saturated rings. The second-order valence-electron chi connectivity index (χ2n) is 3.90. The van der Waals surface area contributed by atoms with Gasteiger partial charge in [-0.15, -0.1) is 0 Å². The first kappa shape index (κ1) is 12.4. The van der Waals surface area contributed by atoms with E-state index in [-0.39, 0.29) is 10.9 Å². The molecule has 0 aromatic carbocycles. The Balaban J connectivity index is 2.27. The third kappa shape index (κ3) is 2.78. The van der Waals surface area contributed by atoms with Crippen LogP contribution in [0.15, 0.2) is 17.6 Å². The zero-order valence-corrected chi connectivity index (χ0v) is 10.5. The molecule has 0 bridgehead atoms. The van der Waals surface area contributed by atoms with Crippen LogP contribution in [0.5, 0.6) is 0 Å². The van der Waals surface area contributed by atoms with Crippen molar-refractivity contribution < 1.29 is 13.2 Å². The van der Waals surface area contributed by atoms with E-state index in [9.17, 15) is 13.2 Å². The smallest absolute Gasteiger partial charge is 0.280 e. The normalized spacial score (nSPS) is 21.9. The largest absolute Gasteiger partial charge is 0.354 e. The summed E-state index contributed by atoms with van der Waals surface area (Å²) < 4.78 is 23.6. The molecule has 2 rings (SSSR count). The number of hydrogen-bond acceptors (Lipinski definition) is 4. The summed E-state index contributed by atoms with van der Waals surface area (Å²) in [5.41, 5.74) is 0. The van der Waals surface area contributed by atoms with Crippen molar-refractivity contribution >= 4 is 25.6 Å². The van der Waals surface area contributed by atoms with Crippen molar-refractivity contribution in [1.82, 2.24) is 14.9 Å². The fourth-order valence-electron chi connectivity index (χ4n) is 1.82. The Hall–Kier alpha value is -1.08. The molecular formula is C9H12ClN3O3S. The number of hydrogen-bond donors (Lipinski definition) is 1. The number of nitrogens with zero attached hydrogens (tertiary/aromatic N) is 2. The van der Waals surface area contributed by atoms with Crippen molar-refractivity contribution in [2.45, 2.75) is 30.3 Å². The van der Waals surface area contributed by atoms with Crippen molar-refractivity contribution in [1.29, 1.82) is 0 Å². The van der Waals surface area contributed by atoms with Gasteiger partial charge in [0.2, 0.25) is 5.91 Å². The molecular weight excluding hydrogens is 266 g/mol. The van der Waals surface area contributed by atoms with Crippen LogP contribution < -0.4 is 5.32 Å². The molecule has 1 aliphatic rings. The Labute approximate surface area is 103 Å². The van der Waals surface area contributed by atoms with Gasteiger partial charge < -0.3 is 9.88 Å². The highest BCUT2D eigenvalue weighted by Crippen LogP contribution is 2.20. The Morgan fingerprint density at radius 2 is 2.24 bits per heavy atom. The van der Waals surface area contributed by atoms with Gasteiger partial charge in [-0.1, -0.05) is 0 Å². The van der Waals surface area contributed by atoms with E-state index in [0.717, 1.165) is 12.8 Å². The Morgan fingerprint density at radius 3 is 2.88 bits per heavy atom. The van der Waals surface area contributed by atoms with Crippen LogP contribution in [-0.4, -0.2) is 30.4 Å². The standard InChI is InChI=1S/C9H12ClN3O3S/c10-17(15,16)8-5-13(6-12-8)7-3-1-2-4-11-9(7)14/h5-7H,1-4H2,(H,11,14). The summed E-state index contributed by atoms with van der Waals surface area (Å²) in [5, 5.41) is 2.55. The van der Waals surface area contributed by atoms with Crippen LogP contribution in [0.25, 0.3) is 0 Å². The fraction of sp³-hybridized carbons (Fsp3) is 0.556. The third-order valence-corrected chi connectivity index (χ3v) is 3.88. The summed E-state index contributed by atoms with van der Waals surface area (Å²) >= 11 is 0. The predicted octanol–water partition coefficient (Wildman–Crippen LogP) is 0.652. The van der Waals surface area contributed by atoms with E-state index < -0.39 is 15.1 Å². The topological polar surface area (TPSA) is 81.1 Å². The number of nitrogens with one attached hydrogen (secondary N) is 1. The average Bonchev–Trinajstić information content (AvgIpc) is 2.63. The van der Waals surface area contributed by atoms with Gasteiger partial charge in [0.15, 0.2) is 5.03 Å². The molecule has 1 atom stereocenters.